The largest absolute Gasteiger partial charge is 0.494 e. The number of para-hydroxylation sites is 2. The van der Waals surface area contributed by atoms with E-state index in [0.29, 0.717) is 26.1 Å². The zero-order valence-electron chi connectivity index (χ0n) is 30.5. The average Bonchev–Trinajstić information content (AvgIpc) is 3.24. The summed E-state index contributed by atoms with van der Waals surface area (Å²) in [5, 5.41) is 18.2. The molecular weight excluding hydrogens is 679 g/mol. The maximum Gasteiger partial charge on any atom is 0.252 e. The van der Waals surface area contributed by atoms with Crippen LogP contribution >= 0.6 is 0 Å². The number of aliphatic hydroxyl groups is 2. The molecule has 0 aromatic heterocycles. The molecule has 0 saturated carbocycles. The molecule has 2 N–H and O–H groups in total. The maximum absolute atomic E-state index is 9.08. The number of hydrogen-bond donors (Lipinski definition) is 2. The lowest BCUT2D eigenvalue weighted by Crippen LogP contribution is -2.61. The van der Waals surface area contributed by atoms with Gasteiger partial charge in [0.25, 0.3) is 6.71 Å². The van der Waals surface area contributed by atoms with Crippen molar-refractivity contribution in [2.75, 3.05) is 36.2 Å². The van der Waals surface area contributed by atoms with E-state index < -0.39 is 0 Å². The highest BCUT2D eigenvalue weighted by atomic mass is 16.5. The van der Waals surface area contributed by atoms with Gasteiger partial charge in [-0.05, 0) is 111 Å². The van der Waals surface area contributed by atoms with Gasteiger partial charge in [0, 0.05) is 60.2 Å². The third-order valence-electron chi connectivity index (χ3n) is 10.6. The van der Waals surface area contributed by atoms with E-state index in [1.54, 1.807) is 0 Å². The molecule has 0 atom stereocenters. The van der Waals surface area contributed by atoms with Gasteiger partial charge < -0.3 is 29.5 Å². The van der Waals surface area contributed by atoms with Gasteiger partial charge in [0.05, 0.1) is 13.2 Å². The summed E-state index contributed by atoms with van der Waals surface area (Å²) in [4.78, 5) is 4.83. The molecule has 7 heteroatoms. The first kappa shape index (κ1) is 34.5. The summed E-state index contributed by atoms with van der Waals surface area (Å²) in [5.74, 6) is 1.61. The second-order valence-corrected chi connectivity index (χ2v) is 13.9. The Balaban J connectivity index is 1.08. The summed E-state index contributed by atoms with van der Waals surface area (Å²) in [6.45, 7) is 1.34. The molecule has 0 saturated heterocycles. The van der Waals surface area contributed by atoms with Gasteiger partial charge in [-0.3, -0.25) is 0 Å². The molecule has 0 radical (unpaired) electrons. The average molecular weight is 721 g/mol. The van der Waals surface area contributed by atoms with Crippen LogP contribution in [-0.4, -0.2) is 43.4 Å². The predicted molar refractivity (Wildman–Crippen MR) is 226 cm³/mol. The first-order valence-electron chi connectivity index (χ1n) is 19.0. The Morgan fingerprint density at radius 1 is 0.400 bits per heavy atom. The number of rotatable bonds is 12. The zero-order valence-corrected chi connectivity index (χ0v) is 30.5. The number of ether oxygens (including phenoxy) is 2. The van der Waals surface area contributed by atoms with Crippen molar-refractivity contribution in [2.45, 2.75) is 12.8 Å². The molecule has 0 amide bonds. The fourth-order valence-electron chi connectivity index (χ4n) is 7.99. The van der Waals surface area contributed by atoms with Crippen LogP contribution in [0.2, 0.25) is 0 Å². The Kier molecular flexibility index (Phi) is 9.55. The lowest BCUT2D eigenvalue weighted by Gasteiger charge is -2.44. The van der Waals surface area contributed by atoms with Gasteiger partial charge in [-0.25, -0.2) is 0 Å². The van der Waals surface area contributed by atoms with Gasteiger partial charge >= 0.3 is 0 Å². The third-order valence-corrected chi connectivity index (χ3v) is 10.6. The topological polar surface area (TPSA) is 65.4 Å². The third kappa shape index (κ3) is 6.52. The highest BCUT2D eigenvalue weighted by Gasteiger charge is 2.42. The molecule has 0 fully saturated rings. The van der Waals surface area contributed by atoms with Crippen molar-refractivity contribution < 1.29 is 19.7 Å². The first-order chi connectivity index (χ1) is 27.2. The Morgan fingerprint density at radius 2 is 0.764 bits per heavy atom. The molecule has 7 aromatic carbocycles. The summed E-state index contributed by atoms with van der Waals surface area (Å²) in [5.41, 5.74) is 15.3. The number of benzene rings is 7. The van der Waals surface area contributed by atoms with Gasteiger partial charge in [-0.15, -0.1) is 0 Å². The van der Waals surface area contributed by atoms with Gasteiger partial charge in [0.1, 0.15) is 11.5 Å². The van der Waals surface area contributed by atoms with Crippen LogP contribution in [0.25, 0.3) is 22.3 Å². The van der Waals surface area contributed by atoms with E-state index in [9.17, 15) is 0 Å². The minimum Gasteiger partial charge on any atom is -0.494 e. The number of nitrogens with zero attached hydrogens (tertiary/aromatic N) is 2. The van der Waals surface area contributed by atoms with Crippen LogP contribution in [0, 0.1) is 0 Å². The van der Waals surface area contributed by atoms with Crippen molar-refractivity contribution >= 4 is 57.2 Å². The molecule has 0 aliphatic carbocycles. The molecule has 2 aliphatic rings. The summed E-state index contributed by atoms with van der Waals surface area (Å²) >= 11 is 0. The van der Waals surface area contributed by atoms with E-state index in [4.69, 9.17) is 19.7 Å². The van der Waals surface area contributed by atoms with Crippen LogP contribution < -0.4 is 35.7 Å². The number of anilines is 6. The SMILES string of the molecule is OCCCOc1ccc(-c2ccc(N3c4ccccc4B4c5ccccc5N(c5ccc(-c6ccc(OCCCO)cc6)cc5)c5cccc3c54)cc2)cc1. The van der Waals surface area contributed by atoms with Crippen molar-refractivity contribution in [3.05, 3.63) is 164 Å². The molecule has 9 rings (SSSR count). The highest BCUT2D eigenvalue weighted by Crippen LogP contribution is 2.44. The first-order valence-corrected chi connectivity index (χ1v) is 19.0. The Hall–Kier alpha value is -6.28. The summed E-state index contributed by atoms with van der Waals surface area (Å²) < 4.78 is 11.5. The molecule has 0 spiro atoms. The van der Waals surface area contributed by atoms with E-state index in [-0.39, 0.29) is 19.9 Å². The molecule has 55 heavy (non-hydrogen) atoms. The number of hydrogen-bond acceptors (Lipinski definition) is 6. The van der Waals surface area contributed by atoms with E-state index >= 15 is 0 Å². The van der Waals surface area contributed by atoms with Gasteiger partial charge in [0.15, 0.2) is 0 Å². The van der Waals surface area contributed by atoms with Crippen LogP contribution in [-0.2, 0) is 0 Å². The standard InChI is InChI=1S/C48H41BN2O4/c52-30-6-32-54-40-26-18-36(19-27-40)34-14-22-38(23-15-34)50-44-10-3-1-8-42(44)49-43-9-2-4-11-45(43)51(47-13-5-12-46(50)48(47)49)39-24-16-35(17-25-39)37-20-28-41(29-21-37)55-33-7-31-53/h1-5,8-29,52-53H,6-7,30-33H2. The van der Waals surface area contributed by atoms with Gasteiger partial charge in [-0.1, -0.05) is 91.0 Å². The Morgan fingerprint density at radius 3 is 1.16 bits per heavy atom. The quantitative estimate of drug-likeness (QED) is 0.0974. The smallest absolute Gasteiger partial charge is 0.252 e. The normalized spacial score (nSPS) is 12.5. The van der Waals surface area contributed by atoms with E-state index in [1.165, 1.54) is 39.1 Å². The van der Waals surface area contributed by atoms with E-state index in [1.807, 2.05) is 24.3 Å². The molecule has 270 valence electrons. The van der Waals surface area contributed by atoms with Crippen molar-refractivity contribution in [3.8, 4) is 33.8 Å². The second-order valence-electron chi connectivity index (χ2n) is 13.9. The van der Waals surface area contributed by atoms with Crippen LogP contribution in [0.4, 0.5) is 34.1 Å². The minimum atomic E-state index is 0.0841. The molecular formula is C48H41BN2O4. The number of fused-ring (bicyclic) bond motifs is 4. The summed E-state index contributed by atoms with van der Waals surface area (Å²) in [6.07, 6.45) is 1.24. The lowest BCUT2D eigenvalue weighted by atomic mass is 9.33. The van der Waals surface area contributed by atoms with Crippen LogP contribution in [0.15, 0.2) is 164 Å². The molecule has 0 unspecified atom stereocenters. The van der Waals surface area contributed by atoms with E-state index in [0.717, 1.165) is 45.1 Å². The van der Waals surface area contributed by atoms with Crippen molar-refractivity contribution in [2.24, 2.45) is 0 Å². The summed E-state index contributed by atoms with van der Waals surface area (Å²) in [6, 6.07) is 58.3. The summed E-state index contributed by atoms with van der Waals surface area (Å²) in [7, 11) is 0. The van der Waals surface area contributed by atoms with Crippen molar-refractivity contribution in [1.29, 1.82) is 0 Å². The molecule has 0 bridgehead atoms. The minimum absolute atomic E-state index is 0.0841. The molecule has 2 heterocycles. The van der Waals surface area contributed by atoms with Crippen LogP contribution in [0.3, 0.4) is 0 Å². The van der Waals surface area contributed by atoms with E-state index in [2.05, 4.69) is 149 Å². The molecule has 2 aliphatic heterocycles. The van der Waals surface area contributed by atoms with Crippen LogP contribution in [0.1, 0.15) is 12.8 Å². The number of aliphatic hydroxyl groups excluding tert-OH is 2. The van der Waals surface area contributed by atoms with Crippen LogP contribution in [0.5, 0.6) is 11.5 Å². The Labute approximate surface area is 322 Å². The second kappa shape index (κ2) is 15.2. The fourth-order valence-corrected chi connectivity index (χ4v) is 7.99. The lowest BCUT2D eigenvalue weighted by molar-refractivity contribution is 0.233. The fraction of sp³-hybridized carbons (Fsp3) is 0.125. The predicted octanol–water partition coefficient (Wildman–Crippen LogP) is 8.63. The highest BCUT2D eigenvalue weighted by molar-refractivity contribution is 7.00. The van der Waals surface area contributed by atoms with Gasteiger partial charge in [-0.2, -0.15) is 0 Å². The Bertz CT molecular complexity index is 2250. The van der Waals surface area contributed by atoms with Crippen molar-refractivity contribution in [3.63, 3.8) is 0 Å². The molecule has 6 nitrogen and oxygen atoms in total. The maximum atomic E-state index is 9.08. The van der Waals surface area contributed by atoms with Gasteiger partial charge in [0.2, 0.25) is 0 Å². The zero-order chi connectivity index (χ0) is 37.1. The molecule has 7 aromatic rings. The monoisotopic (exact) mass is 720 g/mol. The van der Waals surface area contributed by atoms with Crippen molar-refractivity contribution in [1.82, 2.24) is 0 Å².